The van der Waals surface area contributed by atoms with E-state index in [9.17, 15) is 4.79 Å². The number of rotatable bonds is 1. The van der Waals surface area contributed by atoms with Gasteiger partial charge in [-0.25, -0.2) is 0 Å². The van der Waals surface area contributed by atoms with Crippen molar-refractivity contribution in [2.75, 3.05) is 7.11 Å². The summed E-state index contributed by atoms with van der Waals surface area (Å²) in [6.45, 7) is 0. The molecule has 1 N–H and O–H groups in total. The standard InChI is InChI=1S/C5H7NO2.ClH/c1-8-5(6)3-2-4(3)7;/h3,6H,2H2,1H3;1H. The van der Waals surface area contributed by atoms with E-state index in [0.717, 1.165) is 0 Å². The second-order valence-electron chi connectivity index (χ2n) is 1.79. The Morgan fingerprint density at radius 2 is 2.33 bits per heavy atom. The fourth-order valence-electron chi connectivity index (χ4n) is 0.523. The van der Waals surface area contributed by atoms with E-state index < -0.39 is 0 Å². The van der Waals surface area contributed by atoms with Crippen molar-refractivity contribution in [1.82, 2.24) is 0 Å². The van der Waals surface area contributed by atoms with Gasteiger partial charge < -0.3 is 4.74 Å². The van der Waals surface area contributed by atoms with Crippen molar-refractivity contribution >= 4 is 24.1 Å². The molecule has 1 atom stereocenters. The molecule has 0 aromatic carbocycles. The van der Waals surface area contributed by atoms with Crippen LogP contribution in [0.25, 0.3) is 0 Å². The van der Waals surface area contributed by atoms with Crippen LogP contribution in [0, 0.1) is 11.3 Å². The summed E-state index contributed by atoms with van der Waals surface area (Å²) >= 11 is 0. The van der Waals surface area contributed by atoms with Crippen molar-refractivity contribution < 1.29 is 9.53 Å². The Morgan fingerprint density at radius 1 is 1.89 bits per heavy atom. The summed E-state index contributed by atoms with van der Waals surface area (Å²) in [5.74, 6) is 0.0341. The molecular formula is C5H8ClNO2. The molecule has 0 heterocycles. The maximum atomic E-state index is 10.3. The minimum absolute atomic E-state index is 0. The van der Waals surface area contributed by atoms with E-state index in [2.05, 4.69) is 4.74 Å². The van der Waals surface area contributed by atoms with Crippen molar-refractivity contribution in [2.45, 2.75) is 6.42 Å². The molecule has 0 aliphatic heterocycles. The zero-order valence-electron chi connectivity index (χ0n) is 5.01. The van der Waals surface area contributed by atoms with Crippen LogP contribution >= 0.6 is 12.4 Å². The number of ether oxygens (including phenoxy) is 1. The number of hydrogen-bond acceptors (Lipinski definition) is 3. The molecule has 0 aromatic rings. The quantitative estimate of drug-likeness (QED) is 0.439. The molecule has 1 aliphatic rings. The molecule has 1 unspecified atom stereocenters. The van der Waals surface area contributed by atoms with E-state index in [-0.39, 0.29) is 30.0 Å². The molecule has 0 spiro atoms. The van der Waals surface area contributed by atoms with Crippen LogP contribution in [0.2, 0.25) is 0 Å². The van der Waals surface area contributed by atoms with Crippen molar-refractivity contribution in [2.24, 2.45) is 5.92 Å². The Morgan fingerprint density at radius 3 is 2.44 bits per heavy atom. The Labute approximate surface area is 59.3 Å². The van der Waals surface area contributed by atoms with Crippen LogP contribution in [-0.4, -0.2) is 18.8 Å². The Hall–Kier alpha value is -0.570. The first-order valence-electron chi connectivity index (χ1n) is 2.41. The lowest BCUT2D eigenvalue weighted by molar-refractivity contribution is -0.110. The van der Waals surface area contributed by atoms with Crippen LogP contribution in [-0.2, 0) is 9.53 Å². The van der Waals surface area contributed by atoms with E-state index in [0.29, 0.717) is 6.42 Å². The highest BCUT2D eigenvalue weighted by Crippen LogP contribution is 2.24. The lowest BCUT2D eigenvalue weighted by Gasteiger charge is -1.93. The van der Waals surface area contributed by atoms with Gasteiger partial charge in [-0.3, -0.25) is 10.2 Å². The Balaban J connectivity index is 0.000000640. The molecule has 0 saturated heterocycles. The lowest BCUT2D eigenvalue weighted by atomic mass is 10.4. The largest absolute Gasteiger partial charge is 0.484 e. The van der Waals surface area contributed by atoms with Gasteiger partial charge in [-0.05, 0) is 0 Å². The van der Waals surface area contributed by atoms with Gasteiger partial charge in [0, 0.05) is 6.42 Å². The van der Waals surface area contributed by atoms with E-state index in [1.165, 1.54) is 7.11 Å². The molecule has 1 aliphatic carbocycles. The van der Waals surface area contributed by atoms with Gasteiger partial charge in [0.1, 0.15) is 11.7 Å². The molecule has 1 rings (SSSR count). The van der Waals surface area contributed by atoms with Crippen LogP contribution in [0.15, 0.2) is 0 Å². The van der Waals surface area contributed by atoms with Gasteiger partial charge in [-0.1, -0.05) is 0 Å². The highest BCUT2D eigenvalue weighted by Gasteiger charge is 2.39. The number of ketones is 1. The number of methoxy groups -OCH3 is 1. The van der Waals surface area contributed by atoms with Gasteiger partial charge in [0.15, 0.2) is 5.90 Å². The van der Waals surface area contributed by atoms with E-state index >= 15 is 0 Å². The zero-order chi connectivity index (χ0) is 6.15. The molecule has 52 valence electrons. The average molecular weight is 150 g/mol. The maximum absolute atomic E-state index is 10.3. The minimum Gasteiger partial charge on any atom is -0.484 e. The molecule has 3 nitrogen and oxygen atoms in total. The van der Waals surface area contributed by atoms with E-state index in [1.807, 2.05) is 0 Å². The van der Waals surface area contributed by atoms with Crippen molar-refractivity contribution in [3.63, 3.8) is 0 Å². The first kappa shape index (κ1) is 8.43. The summed E-state index contributed by atoms with van der Waals surface area (Å²) in [5.41, 5.74) is 0. The zero-order valence-corrected chi connectivity index (χ0v) is 5.83. The Kier molecular flexibility index (Phi) is 2.65. The maximum Gasteiger partial charge on any atom is 0.191 e. The number of halogens is 1. The van der Waals surface area contributed by atoms with Crippen LogP contribution < -0.4 is 0 Å². The van der Waals surface area contributed by atoms with Crippen LogP contribution in [0.4, 0.5) is 0 Å². The molecular weight excluding hydrogens is 142 g/mol. The molecule has 0 radical (unpaired) electrons. The Bertz CT molecular complexity index is 146. The first-order valence-corrected chi connectivity index (χ1v) is 2.41. The third kappa shape index (κ3) is 1.68. The lowest BCUT2D eigenvalue weighted by Crippen LogP contribution is -2.02. The molecule has 9 heavy (non-hydrogen) atoms. The SMILES string of the molecule is COC(=N)C1CC1=O.Cl. The predicted octanol–water partition coefficient (Wildman–Crippen LogP) is 0.621. The summed E-state index contributed by atoms with van der Waals surface area (Å²) < 4.78 is 4.51. The molecule has 1 fully saturated rings. The minimum atomic E-state index is -0.194. The normalized spacial score (nSPS) is 22.3. The summed E-state index contributed by atoms with van der Waals surface area (Å²) in [6.07, 6.45) is 0.507. The van der Waals surface area contributed by atoms with E-state index in [4.69, 9.17) is 5.41 Å². The second kappa shape index (κ2) is 2.82. The van der Waals surface area contributed by atoms with Crippen molar-refractivity contribution in [1.29, 1.82) is 5.41 Å². The van der Waals surface area contributed by atoms with Gasteiger partial charge in [0.05, 0.1) is 7.11 Å². The van der Waals surface area contributed by atoms with Crippen molar-refractivity contribution in [3.05, 3.63) is 0 Å². The van der Waals surface area contributed by atoms with Crippen LogP contribution in [0.5, 0.6) is 0 Å². The fraction of sp³-hybridized carbons (Fsp3) is 0.600. The van der Waals surface area contributed by atoms with Gasteiger partial charge >= 0.3 is 0 Å². The number of carbonyl (C=O) groups excluding carboxylic acids is 1. The smallest absolute Gasteiger partial charge is 0.191 e. The van der Waals surface area contributed by atoms with E-state index in [1.54, 1.807) is 0 Å². The summed E-state index contributed by atoms with van der Waals surface area (Å²) in [4.78, 5) is 10.3. The van der Waals surface area contributed by atoms with Crippen molar-refractivity contribution in [3.8, 4) is 0 Å². The van der Waals surface area contributed by atoms with Crippen LogP contribution in [0.1, 0.15) is 6.42 Å². The summed E-state index contributed by atoms with van der Waals surface area (Å²) in [6, 6.07) is 0. The third-order valence-corrected chi connectivity index (χ3v) is 1.17. The van der Waals surface area contributed by atoms with Crippen LogP contribution in [0.3, 0.4) is 0 Å². The summed E-state index contributed by atoms with van der Waals surface area (Å²) in [7, 11) is 1.41. The molecule has 1 saturated carbocycles. The predicted molar refractivity (Wildman–Crippen MR) is 35.1 cm³/mol. The average Bonchev–Trinajstić information content (AvgIpc) is 2.45. The number of hydrogen-bond donors (Lipinski definition) is 1. The third-order valence-electron chi connectivity index (χ3n) is 1.17. The van der Waals surface area contributed by atoms with Gasteiger partial charge in [-0.2, -0.15) is 0 Å². The highest BCUT2D eigenvalue weighted by atomic mass is 35.5. The number of Topliss-reactive ketones (excluding diaryl/α,β-unsaturated/α-hetero) is 1. The highest BCUT2D eigenvalue weighted by molar-refractivity contribution is 6.12. The van der Waals surface area contributed by atoms with Gasteiger partial charge in [0.25, 0.3) is 0 Å². The molecule has 4 heteroatoms. The second-order valence-corrected chi connectivity index (χ2v) is 1.79. The summed E-state index contributed by atoms with van der Waals surface area (Å²) in [5, 5.41) is 6.94. The fourth-order valence-corrected chi connectivity index (χ4v) is 0.523. The number of nitrogens with one attached hydrogen (secondary N) is 1. The number of carbonyl (C=O) groups is 1. The monoisotopic (exact) mass is 149 g/mol. The molecule has 0 aromatic heterocycles. The van der Waals surface area contributed by atoms with Gasteiger partial charge in [-0.15, -0.1) is 12.4 Å². The molecule has 0 amide bonds. The topological polar surface area (TPSA) is 50.1 Å². The van der Waals surface area contributed by atoms with Gasteiger partial charge in [0.2, 0.25) is 0 Å². The molecule has 0 bridgehead atoms. The first-order chi connectivity index (χ1) is 3.75.